The van der Waals surface area contributed by atoms with Gasteiger partial charge in [0, 0.05) is 6.42 Å². The predicted octanol–water partition coefficient (Wildman–Crippen LogP) is 4.37. The van der Waals surface area contributed by atoms with E-state index in [4.69, 9.17) is 14.2 Å². The third kappa shape index (κ3) is 4.83. The molecule has 0 saturated carbocycles. The van der Waals surface area contributed by atoms with Gasteiger partial charge in [-0.15, -0.1) is 0 Å². The number of hydrogen-bond donors (Lipinski definition) is 0. The molecule has 34 heavy (non-hydrogen) atoms. The van der Waals surface area contributed by atoms with E-state index in [1.807, 2.05) is 54.6 Å². The van der Waals surface area contributed by atoms with Crippen molar-refractivity contribution in [2.75, 3.05) is 20.8 Å². The van der Waals surface area contributed by atoms with Crippen LogP contribution in [0.3, 0.4) is 0 Å². The number of ether oxygens (including phenoxy) is 3. The van der Waals surface area contributed by atoms with E-state index in [2.05, 4.69) is 5.10 Å². The lowest BCUT2D eigenvalue weighted by Gasteiger charge is -2.22. The van der Waals surface area contributed by atoms with Crippen LogP contribution in [-0.2, 0) is 4.79 Å². The van der Waals surface area contributed by atoms with E-state index in [0.29, 0.717) is 17.9 Å². The number of nitro benzene ring substituents is 1. The van der Waals surface area contributed by atoms with Gasteiger partial charge in [-0.05, 0) is 35.4 Å². The van der Waals surface area contributed by atoms with Crippen LogP contribution in [0.1, 0.15) is 23.6 Å². The van der Waals surface area contributed by atoms with Crippen LogP contribution in [-0.4, -0.2) is 42.4 Å². The smallest absolute Gasteiger partial charge is 0.314 e. The second kappa shape index (κ2) is 10.0. The summed E-state index contributed by atoms with van der Waals surface area (Å²) in [4.78, 5) is 24.0. The average molecular weight is 461 g/mol. The van der Waals surface area contributed by atoms with Crippen molar-refractivity contribution >= 4 is 17.3 Å². The molecular formula is C25H23N3O6. The number of amides is 1. The molecule has 0 radical (unpaired) electrons. The molecule has 0 unspecified atom stereocenters. The molecule has 1 amide bonds. The summed E-state index contributed by atoms with van der Waals surface area (Å²) in [6.45, 7) is -0.411. The summed E-state index contributed by atoms with van der Waals surface area (Å²) in [6.07, 6.45) is 0.519. The normalized spacial score (nSPS) is 14.9. The highest BCUT2D eigenvalue weighted by Gasteiger charge is 2.33. The average Bonchev–Trinajstić information content (AvgIpc) is 3.33. The van der Waals surface area contributed by atoms with Crippen LogP contribution in [0.2, 0.25) is 0 Å². The number of nitrogens with zero attached hydrogens (tertiary/aromatic N) is 3. The predicted molar refractivity (Wildman–Crippen MR) is 125 cm³/mol. The van der Waals surface area contributed by atoms with E-state index in [9.17, 15) is 14.9 Å². The largest absolute Gasteiger partial charge is 0.497 e. The van der Waals surface area contributed by atoms with Crippen LogP contribution >= 0.6 is 0 Å². The molecule has 0 spiro atoms. The van der Waals surface area contributed by atoms with Gasteiger partial charge in [0.15, 0.2) is 12.4 Å². The SMILES string of the molecule is COc1ccc([C@H]2CC(c3ccccc3)=NN2C(=O)COc2ccc(OC)cc2[N+](=O)[O-])cc1. The molecule has 1 heterocycles. The number of hydrogen-bond acceptors (Lipinski definition) is 7. The van der Waals surface area contributed by atoms with E-state index in [1.54, 1.807) is 7.11 Å². The first-order chi connectivity index (χ1) is 16.5. The number of rotatable bonds is 8. The maximum atomic E-state index is 13.2. The number of carbonyl (C=O) groups excluding carboxylic acids is 1. The van der Waals surface area contributed by atoms with Crippen LogP contribution in [0.15, 0.2) is 77.9 Å². The van der Waals surface area contributed by atoms with E-state index < -0.39 is 17.4 Å². The van der Waals surface area contributed by atoms with Gasteiger partial charge in [-0.1, -0.05) is 42.5 Å². The molecule has 0 aliphatic carbocycles. The zero-order valence-corrected chi connectivity index (χ0v) is 18.7. The Kier molecular flexibility index (Phi) is 6.72. The van der Waals surface area contributed by atoms with Gasteiger partial charge in [0.25, 0.3) is 5.91 Å². The number of nitro groups is 1. The van der Waals surface area contributed by atoms with Gasteiger partial charge in [-0.25, -0.2) is 5.01 Å². The molecule has 0 fully saturated rings. The molecule has 1 aliphatic rings. The van der Waals surface area contributed by atoms with Gasteiger partial charge in [-0.3, -0.25) is 14.9 Å². The molecule has 1 atom stereocenters. The highest BCUT2D eigenvalue weighted by Crippen LogP contribution is 2.35. The van der Waals surface area contributed by atoms with Gasteiger partial charge in [0.1, 0.15) is 11.5 Å². The Labute approximate surface area is 196 Å². The molecule has 174 valence electrons. The lowest BCUT2D eigenvalue weighted by atomic mass is 9.98. The molecule has 9 heteroatoms. The molecule has 9 nitrogen and oxygen atoms in total. The Morgan fingerprint density at radius 2 is 1.71 bits per heavy atom. The van der Waals surface area contributed by atoms with Gasteiger partial charge in [-0.2, -0.15) is 5.10 Å². The van der Waals surface area contributed by atoms with Crippen molar-refractivity contribution in [3.05, 3.63) is 94.0 Å². The minimum absolute atomic E-state index is 0.0217. The highest BCUT2D eigenvalue weighted by atomic mass is 16.6. The Bertz CT molecular complexity index is 1210. The number of hydrazone groups is 1. The lowest BCUT2D eigenvalue weighted by Crippen LogP contribution is -2.31. The minimum Gasteiger partial charge on any atom is -0.497 e. The number of carbonyl (C=O) groups is 1. The van der Waals surface area contributed by atoms with Crippen LogP contribution < -0.4 is 14.2 Å². The summed E-state index contributed by atoms with van der Waals surface area (Å²) in [5.74, 6) is 0.587. The first kappa shape index (κ1) is 22.8. The lowest BCUT2D eigenvalue weighted by molar-refractivity contribution is -0.385. The molecule has 0 saturated heterocycles. The van der Waals surface area contributed by atoms with E-state index in [0.717, 1.165) is 16.8 Å². The maximum absolute atomic E-state index is 13.2. The standard InChI is InChI=1S/C25H23N3O6/c1-32-19-10-8-18(9-11-19)22-15-21(17-6-4-3-5-7-17)26-27(22)25(29)16-34-24-13-12-20(33-2)14-23(24)28(30)31/h3-14,22H,15-16H2,1-2H3/t22-/m1/s1. The molecule has 0 N–H and O–H groups in total. The molecule has 3 aromatic rings. The minimum atomic E-state index is -0.579. The fourth-order valence-corrected chi connectivity index (χ4v) is 3.73. The Hall–Kier alpha value is -4.40. The van der Waals surface area contributed by atoms with Crippen molar-refractivity contribution < 1.29 is 23.9 Å². The second-order valence-corrected chi connectivity index (χ2v) is 7.52. The molecule has 4 rings (SSSR count). The molecule has 1 aliphatic heterocycles. The Balaban J connectivity index is 1.58. The van der Waals surface area contributed by atoms with E-state index in [-0.39, 0.29) is 17.5 Å². The van der Waals surface area contributed by atoms with Crippen LogP contribution in [0.5, 0.6) is 17.2 Å². The van der Waals surface area contributed by atoms with Gasteiger partial charge in [0.05, 0.1) is 37.0 Å². The highest BCUT2D eigenvalue weighted by molar-refractivity contribution is 6.03. The van der Waals surface area contributed by atoms with Gasteiger partial charge >= 0.3 is 5.69 Å². The van der Waals surface area contributed by atoms with E-state index >= 15 is 0 Å². The molecular weight excluding hydrogens is 438 g/mol. The van der Waals surface area contributed by atoms with Crippen LogP contribution in [0.25, 0.3) is 0 Å². The van der Waals surface area contributed by atoms with Gasteiger partial charge in [0.2, 0.25) is 0 Å². The molecule has 0 aromatic heterocycles. The monoisotopic (exact) mass is 461 g/mol. The first-order valence-corrected chi connectivity index (χ1v) is 10.5. The van der Waals surface area contributed by atoms with Crippen LogP contribution in [0, 0.1) is 10.1 Å². The summed E-state index contributed by atoms with van der Waals surface area (Å²) < 4.78 is 15.8. The third-order valence-electron chi connectivity index (χ3n) is 5.49. The van der Waals surface area contributed by atoms with Crippen molar-refractivity contribution in [3.8, 4) is 17.2 Å². The second-order valence-electron chi connectivity index (χ2n) is 7.52. The summed E-state index contributed by atoms with van der Waals surface area (Å²) in [5.41, 5.74) is 2.29. The Morgan fingerprint density at radius 1 is 1.03 bits per heavy atom. The third-order valence-corrected chi connectivity index (χ3v) is 5.49. The summed E-state index contributed by atoms with van der Waals surface area (Å²) in [5, 5.41) is 17.4. The molecule has 3 aromatic carbocycles. The summed E-state index contributed by atoms with van der Waals surface area (Å²) in [7, 11) is 3.00. The van der Waals surface area contributed by atoms with Crippen molar-refractivity contribution in [3.63, 3.8) is 0 Å². The van der Waals surface area contributed by atoms with E-state index in [1.165, 1.54) is 30.3 Å². The maximum Gasteiger partial charge on any atom is 0.314 e. The quantitative estimate of drug-likeness (QED) is 0.365. The van der Waals surface area contributed by atoms with Crippen molar-refractivity contribution in [1.82, 2.24) is 5.01 Å². The zero-order chi connectivity index (χ0) is 24.1. The molecule has 0 bridgehead atoms. The van der Waals surface area contributed by atoms with Crippen molar-refractivity contribution in [2.45, 2.75) is 12.5 Å². The fourth-order valence-electron chi connectivity index (χ4n) is 3.73. The number of benzene rings is 3. The fraction of sp³-hybridized carbons (Fsp3) is 0.200. The zero-order valence-electron chi connectivity index (χ0n) is 18.7. The summed E-state index contributed by atoms with van der Waals surface area (Å²) in [6, 6.07) is 20.9. The summed E-state index contributed by atoms with van der Waals surface area (Å²) >= 11 is 0. The first-order valence-electron chi connectivity index (χ1n) is 10.5. The van der Waals surface area contributed by atoms with Gasteiger partial charge < -0.3 is 14.2 Å². The topological polar surface area (TPSA) is 104 Å². The van der Waals surface area contributed by atoms with Crippen LogP contribution in [0.4, 0.5) is 5.69 Å². The number of methoxy groups -OCH3 is 2. The van der Waals surface area contributed by atoms with Crippen molar-refractivity contribution in [1.29, 1.82) is 0 Å². The van der Waals surface area contributed by atoms with Crippen molar-refractivity contribution in [2.24, 2.45) is 5.10 Å². The Morgan fingerprint density at radius 3 is 2.35 bits per heavy atom.